The van der Waals surface area contributed by atoms with Gasteiger partial charge in [0, 0.05) is 24.4 Å². The Hall–Kier alpha value is -3.23. The number of anilines is 1. The first-order chi connectivity index (χ1) is 15.4. The van der Waals surface area contributed by atoms with Crippen molar-refractivity contribution in [1.29, 1.82) is 0 Å². The number of sulfonamides is 1. The van der Waals surface area contributed by atoms with Crippen LogP contribution in [0.15, 0.2) is 83.8 Å². The Morgan fingerprint density at radius 3 is 2.41 bits per heavy atom. The van der Waals surface area contributed by atoms with Gasteiger partial charge in [-0.2, -0.15) is 0 Å². The van der Waals surface area contributed by atoms with E-state index in [-0.39, 0.29) is 22.1 Å². The summed E-state index contributed by atoms with van der Waals surface area (Å²) >= 11 is 0. The van der Waals surface area contributed by atoms with Crippen molar-refractivity contribution < 1.29 is 22.3 Å². The fourth-order valence-corrected chi connectivity index (χ4v) is 4.06. The lowest BCUT2D eigenvalue weighted by atomic mass is 10.2. The van der Waals surface area contributed by atoms with Crippen LogP contribution < -0.4 is 10.0 Å². The Labute approximate surface area is 187 Å². The van der Waals surface area contributed by atoms with Gasteiger partial charge in [-0.3, -0.25) is 9.52 Å². The summed E-state index contributed by atoms with van der Waals surface area (Å²) in [6.45, 7) is 1.54. The predicted molar refractivity (Wildman–Crippen MR) is 122 cm³/mol. The Kier molecular flexibility index (Phi) is 8.35. The van der Waals surface area contributed by atoms with E-state index in [1.54, 1.807) is 6.07 Å². The molecule has 168 valence electrons. The molecule has 6 nitrogen and oxygen atoms in total. The van der Waals surface area contributed by atoms with Gasteiger partial charge in [0.15, 0.2) is 0 Å². The van der Waals surface area contributed by atoms with Crippen LogP contribution in [-0.2, 0) is 21.2 Å². The summed E-state index contributed by atoms with van der Waals surface area (Å²) in [5, 5.41) is 2.77. The molecule has 0 radical (unpaired) electrons. The molecule has 0 aliphatic carbocycles. The van der Waals surface area contributed by atoms with E-state index in [0.29, 0.717) is 26.2 Å². The van der Waals surface area contributed by atoms with Gasteiger partial charge in [0.1, 0.15) is 5.82 Å². The lowest BCUT2D eigenvalue weighted by Crippen LogP contribution is -2.25. The monoisotopic (exact) mass is 456 g/mol. The van der Waals surface area contributed by atoms with E-state index in [1.807, 2.05) is 30.3 Å². The summed E-state index contributed by atoms with van der Waals surface area (Å²) in [6, 6.07) is 20.8. The smallest absolute Gasteiger partial charge is 0.261 e. The van der Waals surface area contributed by atoms with E-state index in [4.69, 9.17) is 4.74 Å². The van der Waals surface area contributed by atoms with Crippen LogP contribution in [0.2, 0.25) is 0 Å². The molecule has 0 saturated carbocycles. The second-order valence-corrected chi connectivity index (χ2v) is 8.78. The van der Waals surface area contributed by atoms with E-state index in [2.05, 4.69) is 10.0 Å². The molecule has 0 aliphatic rings. The highest BCUT2D eigenvalue weighted by molar-refractivity contribution is 7.92. The minimum atomic E-state index is -3.91. The molecule has 0 bridgehead atoms. The quantitative estimate of drug-likeness (QED) is 0.427. The molecule has 3 rings (SSSR count). The molecule has 8 heteroatoms. The maximum atomic E-state index is 13.0. The van der Waals surface area contributed by atoms with Crippen LogP contribution >= 0.6 is 0 Å². The fourth-order valence-electron chi connectivity index (χ4n) is 2.95. The number of ether oxygens (including phenoxy) is 1. The fraction of sp³-hybridized carbons (Fsp3) is 0.208. The number of nitrogens with one attached hydrogen (secondary N) is 2. The third kappa shape index (κ3) is 7.18. The van der Waals surface area contributed by atoms with Crippen molar-refractivity contribution in [2.24, 2.45) is 0 Å². The van der Waals surface area contributed by atoms with Crippen LogP contribution in [0, 0.1) is 5.82 Å². The molecule has 32 heavy (non-hydrogen) atoms. The van der Waals surface area contributed by atoms with Gasteiger partial charge in [-0.15, -0.1) is 0 Å². The zero-order chi connectivity index (χ0) is 22.8. The number of amides is 1. The molecule has 3 aromatic carbocycles. The molecule has 0 saturated heterocycles. The molecule has 0 unspecified atom stereocenters. The zero-order valence-electron chi connectivity index (χ0n) is 17.5. The Morgan fingerprint density at radius 1 is 0.906 bits per heavy atom. The van der Waals surface area contributed by atoms with Crippen LogP contribution in [0.1, 0.15) is 22.3 Å². The summed E-state index contributed by atoms with van der Waals surface area (Å²) in [5.74, 6) is -0.832. The highest BCUT2D eigenvalue weighted by atomic mass is 32.2. The van der Waals surface area contributed by atoms with Crippen molar-refractivity contribution in [2.45, 2.75) is 17.7 Å². The van der Waals surface area contributed by atoms with Crippen molar-refractivity contribution >= 4 is 21.6 Å². The average molecular weight is 457 g/mol. The normalized spacial score (nSPS) is 11.2. The number of carbonyl (C=O) groups is 1. The first-order valence-electron chi connectivity index (χ1n) is 10.2. The Morgan fingerprint density at radius 2 is 1.66 bits per heavy atom. The molecule has 0 aromatic heterocycles. The number of hydrogen-bond acceptors (Lipinski definition) is 4. The predicted octanol–water partition coefficient (Wildman–Crippen LogP) is 4.01. The van der Waals surface area contributed by atoms with Crippen molar-refractivity contribution in [3.8, 4) is 0 Å². The summed E-state index contributed by atoms with van der Waals surface area (Å²) in [7, 11) is -3.91. The summed E-state index contributed by atoms with van der Waals surface area (Å²) < 4.78 is 46.1. The van der Waals surface area contributed by atoms with Gasteiger partial charge in [-0.05, 0) is 60.9 Å². The lowest BCUT2D eigenvalue weighted by Gasteiger charge is -2.10. The number of rotatable bonds is 11. The first kappa shape index (κ1) is 23.4. The van der Waals surface area contributed by atoms with Crippen LogP contribution in [-0.4, -0.2) is 34.1 Å². The van der Waals surface area contributed by atoms with Crippen LogP contribution in [0.5, 0.6) is 0 Å². The van der Waals surface area contributed by atoms with Gasteiger partial charge in [0.25, 0.3) is 15.9 Å². The molecule has 1 amide bonds. The van der Waals surface area contributed by atoms with E-state index >= 15 is 0 Å². The van der Waals surface area contributed by atoms with E-state index in [0.717, 1.165) is 18.6 Å². The van der Waals surface area contributed by atoms with Crippen molar-refractivity contribution in [3.63, 3.8) is 0 Å². The van der Waals surface area contributed by atoms with Crippen LogP contribution in [0.3, 0.4) is 0 Å². The minimum Gasteiger partial charge on any atom is -0.381 e. The standard InChI is InChI=1S/C24H25FN2O4S/c25-21-10-12-22(13-11-21)27-32(29,30)23-9-4-8-20(18-23)24(28)26-15-5-16-31-17-14-19-6-2-1-3-7-19/h1-4,6-13,18,27H,5,14-17H2,(H,26,28). The zero-order valence-corrected chi connectivity index (χ0v) is 18.3. The summed E-state index contributed by atoms with van der Waals surface area (Å²) in [4.78, 5) is 12.3. The number of hydrogen-bond donors (Lipinski definition) is 2. The molecule has 2 N–H and O–H groups in total. The van der Waals surface area contributed by atoms with E-state index < -0.39 is 15.8 Å². The highest BCUT2D eigenvalue weighted by Gasteiger charge is 2.16. The Bertz CT molecular complexity index is 1120. The largest absolute Gasteiger partial charge is 0.381 e. The van der Waals surface area contributed by atoms with Gasteiger partial charge in [-0.25, -0.2) is 12.8 Å². The van der Waals surface area contributed by atoms with Gasteiger partial charge >= 0.3 is 0 Å². The maximum absolute atomic E-state index is 13.0. The number of benzene rings is 3. The SMILES string of the molecule is O=C(NCCCOCCc1ccccc1)c1cccc(S(=O)(=O)Nc2ccc(F)cc2)c1. The molecule has 0 fully saturated rings. The molecule has 0 heterocycles. The topological polar surface area (TPSA) is 84.5 Å². The second kappa shape index (κ2) is 11.4. The molecule has 0 spiro atoms. The third-order valence-corrected chi connectivity index (χ3v) is 6.01. The van der Waals surface area contributed by atoms with Crippen LogP contribution in [0.25, 0.3) is 0 Å². The Balaban J connectivity index is 1.44. The molecular weight excluding hydrogens is 431 g/mol. The minimum absolute atomic E-state index is 0.0567. The van der Waals surface area contributed by atoms with Crippen molar-refractivity contribution in [2.75, 3.05) is 24.5 Å². The van der Waals surface area contributed by atoms with E-state index in [1.165, 1.54) is 35.9 Å². The lowest BCUT2D eigenvalue weighted by molar-refractivity contribution is 0.0942. The average Bonchev–Trinajstić information content (AvgIpc) is 2.80. The molecule has 0 aliphatic heterocycles. The molecule has 3 aromatic rings. The number of carbonyl (C=O) groups excluding carboxylic acids is 1. The number of halogens is 1. The van der Waals surface area contributed by atoms with Crippen molar-refractivity contribution in [1.82, 2.24) is 5.32 Å². The summed E-state index contributed by atoms with van der Waals surface area (Å²) in [5.41, 5.74) is 1.68. The van der Waals surface area contributed by atoms with Crippen LogP contribution in [0.4, 0.5) is 10.1 Å². The summed E-state index contributed by atoms with van der Waals surface area (Å²) in [6.07, 6.45) is 1.48. The highest BCUT2D eigenvalue weighted by Crippen LogP contribution is 2.17. The first-order valence-corrected chi connectivity index (χ1v) is 11.7. The molecular formula is C24H25FN2O4S. The third-order valence-electron chi connectivity index (χ3n) is 4.63. The second-order valence-electron chi connectivity index (χ2n) is 7.10. The molecule has 0 atom stereocenters. The maximum Gasteiger partial charge on any atom is 0.261 e. The van der Waals surface area contributed by atoms with Gasteiger partial charge in [-0.1, -0.05) is 36.4 Å². The van der Waals surface area contributed by atoms with Gasteiger partial charge < -0.3 is 10.1 Å². The van der Waals surface area contributed by atoms with E-state index in [9.17, 15) is 17.6 Å². The van der Waals surface area contributed by atoms with Gasteiger partial charge in [0.05, 0.1) is 11.5 Å². The van der Waals surface area contributed by atoms with Crippen molar-refractivity contribution in [3.05, 3.63) is 95.8 Å². The van der Waals surface area contributed by atoms with Gasteiger partial charge in [0.2, 0.25) is 0 Å².